The molecule has 0 spiro atoms. The Morgan fingerprint density at radius 3 is 3.27 bits per heavy atom. The highest BCUT2D eigenvalue weighted by Gasteiger charge is 2.18. The Hall–Kier alpha value is -0.0500. The molecule has 0 radical (unpaired) electrons. The molecule has 1 heterocycles. The number of aryl methyl sites for hydroxylation is 1. The van der Waals surface area contributed by atoms with Crippen LogP contribution in [0.2, 0.25) is 5.02 Å². The maximum Gasteiger partial charge on any atom is 0.0548 e. The summed E-state index contributed by atoms with van der Waals surface area (Å²) in [6, 6.07) is 0.328. The number of fused-ring (bicyclic) bond motifs is 1. The van der Waals surface area contributed by atoms with E-state index in [1.807, 2.05) is 5.38 Å². The highest BCUT2D eigenvalue weighted by atomic mass is 35.5. The predicted molar refractivity (Wildman–Crippen MR) is 49.3 cm³/mol. The van der Waals surface area contributed by atoms with Gasteiger partial charge in [0.05, 0.1) is 5.02 Å². The van der Waals surface area contributed by atoms with Crippen LogP contribution in [0.5, 0.6) is 0 Å². The molecule has 1 atom stereocenters. The fraction of sp³-hybridized carbons (Fsp3) is 0.500. The summed E-state index contributed by atoms with van der Waals surface area (Å²) in [7, 11) is 0. The summed E-state index contributed by atoms with van der Waals surface area (Å²) in [4.78, 5) is 1.44. The van der Waals surface area contributed by atoms with Gasteiger partial charge in [-0.2, -0.15) is 0 Å². The summed E-state index contributed by atoms with van der Waals surface area (Å²) in [5, 5.41) is 2.93. The average molecular weight is 188 g/mol. The van der Waals surface area contributed by atoms with E-state index in [0.29, 0.717) is 6.04 Å². The lowest BCUT2D eigenvalue weighted by atomic mass is 9.95. The van der Waals surface area contributed by atoms with E-state index in [0.717, 1.165) is 24.3 Å². The largest absolute Gasteiger partial charge is 0.327 e. The zero-order valence-corrected chi connectivity index (χ0v) is 7.71. The molecule has 0 aliphatic heterocycles. The molecule has 2 rings (SSSR count). The molecule has 0 saturated heterocycles. The number of rotatable bonds is 0. The van der Waals surface area contributed by atoms with Crippen LogP contribution in [-0.2, 0) is 12.8 Å². The Morgan fingerprint density at radius 2 is 2.45 bits per heavy atom. The van der Waals surface area contributed by atoms with Gasteiger partial charge in [0, 0.05) is 16.3 Å². The lowest BCUT2D eigenvalue weighted by Gasteiger charge is -2.17. The first-order chi connectivity index (χ1) is 5.27. The monoisotopic (exact) mass is 187 g/mol. The summed E-state index contributed by atoms with van der Waals surface area (Å²) >= 11 is 7.74. The van der Waals surface area contributed by atoms with Gasteiger partial charge in [-0.1, -0.05) is 11.6 Å². The smallest absolute Gasteiger partial charge is 0.0548 e. The summed E-state index contributed by atoms with van der Waals surface area (Å²) in [6.45, 7) is 0. The van der Waals surface area contributed by atoms with Crippen LogP contribution in [0.1, 0.15) is 16.9 Å². The Morgan fingerprint density at radius 1 is 1.64 bits per heavy atom. The van der Waals surface area contributed by atoms with Crippen LogP contribution in [0, 0.1) is 0 Å². The van der Waals surface area contributed by atoms with Gasteiger partial charge in [-0.25, -0.2) is 0 Å². The first-order valence-corrected chi connectivity index (χ1v) is 5.03. The van der Waals surface area contributed by atoms with Crippen molar-refractivity contribution in [2.24, 2.45) is 5.73 Å². The second kappa shape index (κ2) is 2.77. The molecule has 0 aromatic carbocycles. The minimum atomic E-state index is 0.328. The van der Waals surface area contributed by atoms with E-state index in [4.69, 9.17) is 17.3 Å². The van der Waals surface area contributed by atoms with Crippen molar-refractivity contribution in [1.29, 1.82) is 0 Å². The molecule has 3 heteroatoms. The van der Waals surface area contributed by atoms with Crippen molar-refractivity contribution in [2.75, 3.05) is 0 Å². The van der Waals surface area contributed by atoms with Gasteiger partial charge in [0.1, 0.15) is 0 Å². The molecule has 1 unspecified atom stereocenters. The fourth-order valence-electron chi connectivity index (χ4n) is 1.50. The van der Waals surface area contributed by atoms with Gasteiger partial charge in [0.2, 0.25) is 0 Å². The van der Waals surface area contributed by atoms with Gasteiger partial charge in [0.25, 0.3) is 0 Å². The van der Waals surface area contributed by atoms with Crippen molar-refractivity contribution in [3.05, 3.63) is 20.8 Å². The van der Waals surface area contributed by atoms with Gasteiger partial charge in [-0.15, -0.1) is 11.3 Å². The summed E-state index contributed by atoms with van der Waals surface area (Å²) in [5.74, 6) is 0. The first-order valence-electron chi connectivity index (χ1n) is 3.77. The maximum atomic E-state index is 5.98. The quantitative estimate of drug-likeness (QED) is 0.663. The molecular weight excluding hydrogens is 178 g/mol. The number of thiophene rings is 1. The lowest BCUT2D eigenvalue weighted by Crippen LogP contribution is -2.26. The summed E-state index contributed by atoms with van der Waals surface area (Å²) in [6.07, 6.45) is 3.20. The Bertz CT molecular complexity index is 269. The minimum Gasteiger partial charge on any atom is -0.327 e. The molecule has 2 N–H and O–H groups in total. The van der Waals surface area contributed by atoms with Gasteiger partial charge >= 0.3 is 0 Å². The third kappa shape index (κ3) is 1.31. The van der Waals surface area contributed by atoms with Crippen molar-refractivity contribution in [1.82, 2.24) is 0 Å². The molecule has 0 amide bonds. The first kappa shape index (κ1) is 7.59. The highest BCUT2D eigenvalue weighted by Crippen LogP contribution is 2.32. The standard InChI is InChI=1S/C8H10ClNS/c9-7-4-11-8-2-1-5(10)3-6(7)8/h4-5H,1-3,10H2. The van der Waals surface area contributed by atoms with Gasteiger partial charge < -0.3 is 5.73 Å². The topological polar surface area (TPSA) is 26.0 Å². The summed E-state index contributed by atoms with van der Waals surface area (Å²) in [5.41, 5.74) is 7.12. The number of halogens is 1. The number of hydrogen-bond donors (Lipinski definition) is 1. The second-order valence-corrected chi connectivity index (χ2v) is 4.36. The molecule has 1 nitrogen and oxygen atoms in total. The molecule has 1 aliphatic carbocycles. The highest BCUT2D eigenvalue weighted by molar-refractivity contribution is 7.10. The summed E-state index contributed by atoms with van der Waals surface area (Å²) < 4.78 is 0. The Kier molecular flexibility index (Phi) is 1.91. The van der Waals surface area contributed by atoms with Crippen LogP contribution >= 0.6 is 22.9 Å². The lowest BCUT2D eigenvalue weighted by molar-refractivity contribution is 0.583. The molecular formula is C8H10ClNS. The third-order valence-electron chi connectivity index (χ3n) is 2.14. The minimum absolute atomic E-state index is 0.328. The van der Waals surface area contributed by atoms with Crippen molar-refractivity contribution in [3.63, 3.8) is 0 Å². The van der Waals surface area contributed by atoms with Gasteiger partial charge in [0.15, 0.2) is 0 Å². The molecule has 1 aromatic heterocycles. The Labute approximate surface area is 75.2 Å². The zero-order valence-electron chi connectivity index (χ0n) is 6.14. The Balaban J connectivity index is 2.37. The molecule has 0 saturated carbocycles. The van der Waals surface area contributed by atoms with E-state index in [1.54, 1.807) is 11.3 Å². The van der Waals surface area contributed by atoms with Crippen molar-refractivity contribution >= 4 is 22.9 Å². The molecule has 0 fully saturated rings. The SMILES string of the molecule is NC1CCc2scc(Cl)c2C1. The third-order valence-corrected chi connectivity index (χ3v) is 3.69. The maximum absolute atomic E-state index is 5.98. The fourth-order valence-corrected chi connectivity index (χ4v) is 2.84. The number of nitrogens with two attached hydrogens (primary N) is 1. The molecule has 0 bridgehead atoms. The van der Waals surface area contributed by atoms with Crippen LogP contribution in [0.4, 0.5) is 0 Å². The van der Waals surface area contributed by atoms with Crippen LogP contribution in [0.25, 0.3) is 0 Å². The zero-order chi connectivity index (χ0) is 7.84. The number of hydrogen-bond acceptors (Lipinski definition) is 2. The molecule has 1 aliphatic rings. The van der Waals surface area contributed by atoms with Crippen molar-refractivity contribution < 1.29 is 0 Å². The van der Waals surface area contributed by atoms with Crippen LogP contribution in [0.3, 0.4) is 0 Å². The van der Waals surface area contributed by atoms with E-state index in [9.17, 15) is 0 Å². The van der Waals surface area contributed by atoms with Gasteiger partial charge in [-0.05, 0) is 24.8 Å². The van der Waals surface area contributed by atoms with Crippen LogP contribution in [-0.4, -0.2) is 6.04 Å². The van der Waals surface area contributed by atoms with Crippen LogP contribution < -0.4 is 5.73 Å². The predicted octanol–water partition coefficient (Wildman–Crippen LogP) is 2.22. The van der Waals surface area contributed by atoms with E-state index in [1.165, 1.54) is 10.4 Å². The molecule has 11 heavy (non-hydrogen) atoms. The molecule has 1 aromatic rings. The van der Waals surface area contributed by atoms with Crippen molar-refractivity contribution in [3.8, 4) is 0 Å². The van der Waals surface area contributed by atoms with Crippen LogP contribution in [0.15, 0.2) is 5.38 Å². The van der Waals surface area contributed by atoms with E-state index < -0.39 is 0 Å². The van der Waals surface area contributed by atoms with E-state index >= 15 is 0 Å². The van der Waals surface area contributed by atoms with E-state index in [2.05, 4.69) is 0 Å². The van der Waals surface area contributed by atoms with Crippen molar-refractivity contribution in [2.45, 2.75) is 25.3 Å². The molecule has 60 valence electrons. The van der Waals surface area contributed by atoms with E-state index in [-0.39, 0.29) is 0 Å². The normalized spacial score (nSPS) is 23.3. The average Bonchev–Trinajstić information content (AvgIpc) is 2.33. The second-order valence-electron chi connectivity index (χ2n) is 2.99. The van der Waals surface area contributed by atoms with Gasteiger partial charge in [-0.3, -0.25) is 0 Å².